The number of hydrogen-bond acceptors (Lipinski definition) is 7. The Kier molecular flexibility index (Phi) is 7.31. The second-order valence-electron chi connectivity index (χ2n) is 8.33. The fourth-order valence-corrected chi connectivity index (χ4v) is 3.52. The number of hydrogen-bond donors (Lipinski definition) is 0. The molecule has 0 N–H and O–H groups in total. The second kappa shape index (κ2) is 10.6. The number of aromatic nitrogens is 4. The van der Waals surface area contributed by atoms with Gasteiger partial charge in [-0.05, 0) is 56.9 Å². The molecule has 182 valence electrons. The molecule has 0 unspecified atom stereocenters. The van der Waals surface area contributed by atoms with Gasteiger partial charge in [0.2, 0.25) is 5.82 Å². The Morgan fingerprint density at radius 1 is 0.971 bits per heavy atom. The molecule has 0 saturated carbocycles. The number of anilines is 1. The summed E-state index contributed by atoms with van der Waals surface area (Å²) in [5.74, 6) is -1.47. The van der Waals surface area contributed by atoms with Gasteiger partial charge in [0.1, 0.15) is 0 Å². The second-order valence-corrected chi connectivity index (χ2v) is 8.33. The van der Waals surface area contributed by atoms with E-state index in [1.54, 1.807) is 0 Å². The highest BCUT2D eigenvalue weighted by Gasteiger charge is 2.15. The van der Waals surface area contributed by atoms with Crippen molar-refractivity contribution in [1.82, 2.24) is 24.8 Å². The minimum Gasteiger partial charge on any atom is -0.323 e. The van der Waals surface area contributed by atoms with Crippen molar-refractivity contribution in [3.8, 4) is 22.6 Å². The van der Waals surface area contributed by atoms with Crippen LogP contribution in [0, 0.1) is 11.6 Å². The zero-order valence-corrected chi connectivity index (χ0v) is 19.8. The first-order chi connectivity index (χ1) is 16.8. The highest BCUT2D eigenvalue weighted by atomic mass is 19.2. The average molecular weight is 481 g/mol. The van der Waals surface area contributed by atoms with Gasteiger partial charge in [-0.3, -0.25) is 4.79 Å². The molecule has 8 nitrogen and oxygen atoms in total. The standard InChI is InChI=1S/C25H26F2N6O2/c1-4-32(13-12-31(2)3)25-28-24(30-35-25)19-7-5-6-17(14-19)16-33-23(34)11-10-22(29-33)18-8-9-20(26)21(27)15-18/h5-11,14-15H,4,12-13,16H2,1-3H3. The van der Waals surface area contributed by atoms with Crippen molar-refractivity contribution >= 4 is 6.01 Å². The maximum atomic E-state index is 13.7. The van der Waals surface area contributed by atoms with Gasteiger partial charge < -0.3 is 14.3 Å². The van der Waals surface area contributed by atoms with E-state index in [9.17, 15) is 13.6 Å². The van der Waals surface area contributed by atoms with E-state index in [-0.39, 0.29) is 12.1 Å². The van der Waals surface area contributed by atoms with Gasteiger partial charge in [-0.25, -0.2) is 13.5 Å². The molecule has 0 fully saturated rings. The maximum absolute atomic E-state index is 13.7. The summed E-state index contributed by atoms with van der Waals surface area (Å²) in [6.07, 6.45) is 0. The Bertz CT molecular complexity index is 1370. The number of benzene rings is 2. The van der Waals surface area contributed by atoms with Crippen molar-refractivity contribution in [2.45, 2.75) is 13.5 Å². The third kappa shape index (κ3) is 5.78. The summed E-state index contributed by atoms with van der Waals surface area (Å²) in [7, 11) is 4.01. The topological polar surface area (TPSA) is 80.3 Å². The van der Waals surface area contributed by atoms with Gasteiger partial charge in [-0.15, -0.1) is 0 Å². The first-order valence-electron chi connectivity index (χ1n) is 11.2. The first kappa shape index (κ1) is 24.2. The van der Waals surface area contributed by atoms with Crippen LogP contribution in [-0.4, -0.2) is 58.6 Å². The van der Waals surface area contributed by atoms with Crippen LogP contribution in [0.15, 0.2) is 63.9 Å². The molecule has 0 radical (unpaired) electrons. The van der Waals surface area contributed by atoms with Crippen molar-refractivity contribution in [2.75, 3.05) is 38.6 Å². The number of nitrogens with zero attached hydrogens (tertiary/aromatic N) is 6. The normalized spacial score (nSPS) is 11.3. The molecule has 0 aliphatic carbocycles. The third-order valence-corrected chi connectivity index (χ3v) is 5.48. The Labute approximate surface area is 201 Å². The molecule has 0 saturated heterocycles. The van der Waals surface area contributed by atoms with Crippen molar-refractivity contribution in [1.29, 1.82) is 0 Å². The maximum Gasteiger partial charge on any atom is 0.324 e. The Balaban J connectivity index is 1.56. The van der Waals surface area contributed by atoms with Crippen LogP contribution in [-0.2, 0) is 6.54 Å². The lowest BCUT2D eigenvalue weighted by Gasteiger charge is -2.19. The Hall–Kier alpha value is -3.92. The number of rotatable bonds is 9. The Morgan fingerprint density at radius 3 is 2.54 bits per heavy atom. The summed E-state index contributed by atoms with van der Waals surface area (Å²) < 4.78 is 33.7. The highest BCUT2D eigenvalue weighted by Crippen LogP contribution is 2.22. The lowest BCUT2D eigenvalue weighted by molar-refractivity contribution is 0.387. The summed E-state index contributed by atoms with van der Waals surface area (Å²) >= 11 is 0. The largest absolute Gasteiger partial charge is 0.324 e. The molecule has 0 aliphatic heterocycles. The highest BCUT2D eigenvalue weighted by molar-refractivity contribution is 5.58. The van der Waals surface area contributed by atoms with Crippen LogP contribution in [0.5, 0.6) is 0 Å². The fraction of sp³-hybridized carbons (Fsp3) is 0.280. The minimum atomic E-state index is -0.974. The quantitative estimate of drug-likeness (QED) is 0.362. The van der Waals surface area contributed by atoms with E-state index in [0.717, 1.165) is 42.9 Å². The molecule has 4 aromatic rings. The zero-order chi connectivity index (χ0) is 24.9. The SMILES string of the molecule is CCN(CCN(C)C)c1nc(-c2cccc(Cn3nc(-c4ccc(F)c(F)c4)ccc3=O)c2)no1. The molecule has 0 atom stereocenters. The van der Waals surface area contributed by atoms with Crippen LogP contribution < -0.4 is 10.5 Å². The van der Waals surface area contributed by atoms with Gasteiger partial charge >= 0.3 is 6.01 Å². The molecule has 0 amide bonds. The molecule has 4 rings (SSSR count). The lowest BCUT2D eigenvalue weighted by atomic mass is 10.1. The van der Waals surface area contributed by atoms with Crippen molar-refractivity contribution in [3.63, 3.8) is 0 Å². The zero-order valence-electron chi connectivity index (χ0n) is 19.8. The van der Waals surface area contributed by atoms with Gasteiger partial charge in [0.05, 0.1) is 12.2 Å². The van der Waals surface area contributed by atoms with Crippen LogP contribution in [0.3, 0.4) is 0 Å². The summed E-state index contributed by atoms with van der Waals surface area (Å²) in [6, 6.07) is 14.2. The molecular formula is C25H26F2N6O2. The summed E-state index contributed by atoms with van der Waals surface area (Å²) in [5.41, 5.74) is 1.96. The smallest absolute Gasteiger partial charge is 0.323 e. The van der Waals surface area contributed by atoms with Crippen LogP contribution in [0.4, 0.5) is 14.8 Å². The summed E-state index contributed by atoms with van der Waals surface area (Å²) in [5, 5.41) is 8.46. The molecule has 10 heteroatoms. The van der Waals surface area contributed by atoms with E-state index in [1.807, 2.05) is 50.2 Å². The number of likely N-dealkylation sites (N-methyl/N-ethyl adjacent to an activating group) is 2. The van der Waals surface area contributed by atoms with Crippen molar-refractivity contribution in [3.05, 3.63) is 82.1 Å². The summed E-state index contributed by atoms with van der Waals surface area (Å²) in [6.45, 7) is 4.55. The van der Waals surface area contributed by atoms with Crippen LogP contribution in [0.25, 0.3) is 22.6 Å². The van der Waals surface area contributed by atoms with Crippen molar-refractivity contribution < 1.29 is 13.3 Å². The van der Waals surface area contributed by atoms with Gasteiger partial charge in [0.25, 0.3) is 5.56 Å². The van der Waals surface area contributed by atoms with E-state index in [1.165, 1.54) is 22.9 Å². The van der Waals surface area contributed by atoms with Gasteiger partial charge in [0, 0.05) is 36.8 Å². The molecule has 0 spiro atoms. The predicted octanol–water partition coefficient (Wildman–Crippen LogP) is 3.67. The minimum absolute atomic E-state index is 0.179. The van der Waals surface area contributed by atoms with E-state index < -0.39 is 11.6 Å². The fourth-order valence-electron chi connectivity index (χ4n) is 3.52. The molecule has 0 aliphatic rings. The van der Waals surface area contributed by atoms with Gasteiger partial charge in [-0.2, -0.15) is 10.1 Å². The average Bonchev–Trinajstić information content (AvgIpc) is 3.33. The third-order valence-electron chi connectivity index (χ3n) is 5.48. The molecule has 2 heterocycles. The van der Waals surface area contributed by atoms with E-state index in [2.05, 4.69) is 20.1 Å². The van der Waals surface area contributed by atoms with Crippen LogP contribution in [0.1, 0.15) is 12.5 Å². The Morgan fingerprint density at radius 2 is 1.80 bits per heavy atom. The first-order valence-corrected chi connectivity index (χ1v) is 11.2. The molecule has 2 aromatic carbocycles. The monoisotopic (exact) mass is 480 g/mol. The number of halogens is 2. The van der Waals surface area contributed by atoms with E-state index in [4.69, 9.17) is 4.52 Å². The van der Waals surface area contributed by atoms with Gasteiger partial charge in [-0.1, -0.05) is 23.4 Å². The van der Waals surface area contributed by atoms with Gasteiger partial charge in [0.15, 0.2) is 11.6 Å². The predicted molar refractivity (Wildman–Crippen MR) is 129 cm³/mol. The molecule has 0 bridgehead atoms. The van der Waals surface area contributed by atoms with Crippen molar-refractivity contribution in [2.24, 2.45) is 0 Å². The molecular weight excluding hydrogens is 454 g/mol. The van der Waals surface area contributed by atoms with Crippen LogP contribution in [0.2, 0.25) is 0 Å². The molecule has 35 heavy (non-hydrogen) atoms. The summed E-state index contributed by atoms with van der Waals surface area (Å²) in [4.78, 5) is 21.1. The van der Waals surface area contributed by atoms with E-state index in [0.29, 0.717) is 23.1 Å². The van der Waals surface area contributed by atoms with E-state index >= 15 is 0 Å². The van der Waals surface area contributed by atoms with Crippen LogP contribution >= 0.6 is 0 Å². The lowest BCUT2D eigenvalue weighted by Crippen LogP contribution is -2.31. The molecule has 2 aromatic heterocycles.